The summed E-state index contributed by atoms with van der Waals surface area (Å²) in [5.41, 5.74) is 1.49. The molecule has 0 saturated heterocycles. The molecule has 0 radical (unpaired) electrons. The normalized spacial score (nSPS) is 12.5. The number of rotatable bonds is 4. The van der Waals surface area contributed by atoms with Crippen molar-refractivity contribution in [3.8, 4) is 0 Å². The number of esters is 1. The first-order valence-electron chi connectivity index (χ1n) is 6.21. The maximum Gasteiger partial charge on any atom is 0.360 e. The van der Waals surface area contributed by atoms with E-state index in [0.29, 0.717) is 0 Å². The molecule has 0 amide bonds. The molecule has 7 heteroatoms. The van der Waals surface area contributed by atoms with Crippen molar-refractivity contribution in [2.24, 2.45) is 0 Å². The third-order valence-electron chi connectivity index (χ3n) is 2.70. The molecule has 2 rings (SSSR count). The van der Waals surface area contributed by atoms with E-state index in [1.165, 1.54) is 0 Å². The van der Waals surface area contributed by atoms with Gasteiger partial charge < -0.3 is 10.1 Å². The molecule has 3 nitrogen and oxygen atoms in total. The fraction of sp³-hybridized carbons (Fsp3) is 0.133. The van der Waals surface area contributed by atoms with Gasteiger partial charge >= 0.3 is 5.97 Å². The Morgan fingerprint density at radius 3 is 2.18 bits per heavy atom. The Bertz CT molecular complexity index is 629. The summed E-state index contributed by atoms with van der Waals surface area (Å²) in [5, 5.41) is 3.09. The van der Waals surface area contributed by atoms with Crippen LogP contribution in [0.4, 0.5) is 5.69 Å². The summed E-state index contributed by atoms with van der Waals surface area (Å²) < 4.78 is 4.08. The van der Waals surface area contributed by atoms with Gasteiger partial charge in [0.05, 0.1) is 0 Å². The Morgan fingerprint density at radius 1 is 1.05 bits per heavy atom. The smallest absolute Gasteiger partial charge is 0.360 e. The van der Waals surface area contributed by atoms with E-state index in [-0.39, 0.29) is 0 Å². The van der Waals surface area contributed by atoms with E-state index in [2.05, 4.69) is 21.2 Å². The van der Waals surface area contributed by atoms with E-state index in [4.69, 9.17) is 39.5 Å². The molecule has 1 unspecified atom stereocenters. The van der Waals surface area contributed by atoms with E-state index in [1.807, 2.05) is 54.6 Å². The van der Waals surface area contributed by atoms with Gasteiger partial charge in [-0.3, -0.25) is 0 Å². The van der Waals surface area contributed by atoms with Crippen molar-refractivity contribution in [3.05, 3.63) is 64.6 Å². The number of nitrogens with one attached hydrogen (secondary N) is 1. The number of benzene rings is 2. The zero-order valence-corrected chi connectivity index (χ0v) is 15.0. The molecule has 0 heterocycles. The molecule has 0 aliphatic rings. The molecule has 0 aliphatic carbocycles. The van der Waals surface area contributed by atoms with Gasteiger partial charge in [-0.1, -0.05) is 81.1 Å². The van der Waals surface area contributed by atoms with E-state index in [1.54, 1.807) is 0 Å². The highest BCUT2D eigenvalue weighted by molar-refractivity contribution is 9.10. The lowest BCUT2D eigenvalue weighted by atomic mass is 10.2. The van der Waals surface area contributed by atoms with Crippen LogP contribution in [0.25, 0.3) is 0 Å². The fourth-order valence-electron chi connectivity index (χ4n) is 1.68. The highest BCUT2D eigenvalue weighted by atomic mass is 79.9. The lowest BCUT2D eigenvalue weighted by Crippen LogP contribution is -2.27. The van der Waals surface area contributed by atoms with Crippen LogP contribution in [0.3, 0.4) is 0 Å². The summed E-state index contributed by atoms with van der Waals surface area (Å²) in [4.78, 5) is 11.8. The van der Waals surface area contributed by atoms with Gasteiger partial charge in [-0.2, -0.15) is 0 Å². The predicted molar refractivity (Wildman–Crippen MR) is 93.3 cm³/mol. The van der Waals surface area contributed by atoms with Crippen molar-refractivity contribution in [2.75, 3.05) is 5.32 Å². The summed E-state index contributed by atoms with van der Waals surface area (Å²) in [6.07, 6.45) is -0.773. The second-order valence-electron chi connectivity index (χ2n) is 4.35. The van der Waals surface area contributed by atoms with Gasteiger partial charge in [0.15, 0.2) is 6.23 Å². The molecule has 0 aliphatic heterocycles. The quantitative estimate of drug-likeness (QED) is 0.402. The molecule has 0 bridgehead atoms. The molecule has 2 aromatic rings. The van der Waals surface area contributed by atoms with Crippen molar-refractivity contribution in [1.82, 2.24) is 0 Å². The summed E-state index contributed by atoms with van der Waals surface area (Å²) in [6, 6.07) is 16.5. The second-order valence-corrected chi connectivity index (χ2v) is 7.54. The van der Waals surface area contributed by atoms with Gasteiger partial charge in [-0.15, -0.1) is 0 Å². The van der Waals surface area contributed by atoms with Crippen molar-refractivity contribution in [2.45, 2.75) is 10.0 Å². The standard InChI is InChI=1S/C15H11BrCl3NO2/c16-11-6-8-12(9-7-11)20-13(10-4-2-1-3-5-10)22-14(21)15(17,18)19/h1-9,13,20H. The monoisotopic (exact) mass is 421 g/mol. The second kappa shape index (κ2) is 7.55. The summed E-state index contributed by atoms with van der Waals surface area (Å²) >= 11 is 20.0. The minimum atomic E-state index is -2.13. The summed E-state index contributed by atoms with van der Waals surface area (Å²) in [6.45, 7) is 0. The number of anilines is 1. The maximum absolute atomic E-state index is 11.8. The molecule has 1 N–H and O–H groups in total. The topological polar surface area (TPSA) is 38.3 Å². The molecule has 22 heavy (non-hydrogen) atoms. The first kappa shape index (κ1) is 17.4. The molecule has 2 aromatic carbocycles. The first-order valence-corrected chi connectivity index (χ1v) is 8.14. The largest absolute Gasteiger partial charge is 0.434 e. The van der Waals surface area contributed by atoms with Crippen LogP contribution in [0.2, 0.25) is 0 Å². The van der Waals surface area contributed by atoms with Crippen LogP contribution in [0, 0.1) is 0 Å². The summed E-state index contributed by atoms with van der Waals surface area (Å²) in [7, 11) is 0. The Labute approximate surface area is 151 Å². The molecular weight excluding hydrogens is 412 g/mol. The van der Waals surface area contributed by atoms with E-state index in [9.17, 15) is 4.79 Å². The van der Waals surface area contributed by atoms with Crippen LogP contribution in [0.5, 0.6) is 0 Å². The minimum absolute atomic E-state index is 0.730. The Balaban J connectivity index is 2.22. The van der Waals surface area contributed by atoms with Gasteiger partial charge in [-0.05, 0) is 24.3 Å². The average molecular weight is 424 g/mol. The Morgan fingerprint density at radius 2 is 1.64 bits per heavy atom. The highest BCUT2D eigenvalue weighted by Gasteiger charge is 2.35. The van der Waals surface area contributed by atoms with E-state index >= 15 is 0 Å². The highest BCUT2D eigenvalue weighted by Crippen LogP contribution is 2.31. The van der Waals surface area contributed by atoms with Gasteiger partial charge in [0.2, 0.25) is 0 Å². The van der Waals surface area contributed by atoms with Gasteiger partial charge in [-0.25, -0.2) is 4.79 Å². The first-order chi connectivity index (χ1) is 10.4. The van der Waals surface area contributed by atoms with Crippen molar-refractivity contribution < 1.29 is 9.53 Å². The third-order valence-corrected chi connectivity index (χ3v) is 3.69. The maximum atomic E-state index is 11.8. The van der Waals surface area contributed by atoms with Crippen molar-refractivity contribution in [3.63, 3.8) is 0 Å². The van der Waals surface area contributed by atoms with E-state index < -0.39 is 16.0 Å². The molecule has 116 valence electrons. The lowest BCUT2D eigenvalue weighted by Gasteiger charge is -2.22. The van der Waals surface area contributed by atoms with Crippen LogP contribution in [0.1, 0.15) is 11.8 Å². The average Bonchev–Trinajstić information content (AvgIpc) is 2.48. The Kier molecular flexibility index (Phi) is 5.98. The predicted octanol–water partition coefficient (Wildman–Crippen LogP) is 5.47. The zero-order chi connectivity index (χ0) is 16.2. The molecule has 0 fully saturated rings. The number of carbonyl (C=O) groups excluding carboxylic acids is 1. The number of halogens is 4. The van der Waals surface area contributed by atoms with Gasteiger partial charge in [0.25, 0.3) is 3.79 Å². The molecule has 0 saturated carbocycles. The number of alkyl halides is 3. The van der Waals surface area contributed by atoms with Gasteiger partial charge in [0, 0.05) is 15.7 Å². The molecule has 0 aromatic heterocycles. The number of ether oxygens (including phenoxy) is 1. The fourth-order valence-corrected chi connectivity index (χ4v) is 2.08. The lowest BCUT2D eigenvalue weighted by molar-refractivity contribution is -0.147. The third kappa shape index (κ3) is 5.06. The van der Waals surface area contributed by atoms with Crippen LogP contribution >= 0.6 is 50.7 Å². The number of hydrogen-bond donors (Lipinski definition) is 1. The van der Waals surface area contributed by atoms with Crippen molar-refractivity contribution in [1.29, 1.82) is 0 Å². The van der Waals surface area contributed by atoms with Crippen LogP contribution < -0.4 is 5.32 Å². The van der Waals surface area contributed by atoms with Crippen LogP contribution in [-0.4, -0.2) is 9.76 Å². The number of hydrogen-bond acceptors (Lipinski definition) is 3. The molecule has 0 spiro atoms. The van der Waals surface area contributed by atoms with Gasteiger partial charge in [0.1, 0.15) is 0 Å². The zero-order valence-electron chi connectivity index (χ0n) is 11.1. The molecule has 1 atom stereocenters. The van der Waals surface area contributed by atoms with E-state index in [0.717, 1.165) is 15.7 Å². The SMILES string of the molecule is O=C(OC(Nc1ccc(Br)cc1)c1ccccc1)C(Cl)(Cl)Cl. The Hall–Kier alpha value is -0.940. The van der Waals surface area contributed by atoms with Crippen molar-refractivity contribution >= 4 is 62.4 Å². The number of carbonyl (C=O) groups is 1. The minimum Gasteiger partial charge on any atom is -0.434 e. The molecular formula is C15H11BrCl3NO2. The summed E-state index contributed by atoms with van der Waals surface area (Å²) in [5.74, 6) is -0.948. The van der Waals surface area contributed by atoms with Crippen LogP contribution in [0.15, 0.2) is 59.1 Å². The van der Waals surface area contributed by atoms with Crippen LogP contribution in [-0.2, 0) is 9.53 Å².